The number of nitrogens with one attached hydrogen (secondary N) is 1. The molecule has 0 spiro atoms. The molecule has 1 fully saturated rings. The SMILES string of the molecule is CC(C)[C@@H](C(=O)N1CCN(c2ccc(S(=O)(=O)Nc3nccs3)cc2)C(=O)C1)N1CCCc2cc(Cl)ccc21. The molecule has 9 nitrogen and oxygen atoms in total. The van der Waals surface area contributed by atoms with Crippen LogP contribution < -0.4 is 14.5 Å². The number of thiazole rings is 1. The topological polar surface area (TPSA) is 103 Å². The summed E-state index contributed by atoms with van der Waals surface area (Å²) in [4.78, 5) is 36.4. The van der Waals surface area contributed by atoms with E-state index in [-0.39, 0.29) is 40.3 Å². The molecule has 1 saturated heterocycles. The van der Waals surface area contributed by atoms with E-state index in [0.29, 0.717) is 23.8 Å². The van der Waals surface area contributed by atoms with E-state index in [4.69, 9.17) is 11.6 Å². The zero-order valence-electron chi connectivity index (χ0n) is 21.7. The fraction of sp³-hybridized carbons (Fsp3) is 0.370. The fourth-order valence-corrected chi connectivity index (χ4v) is 7.22. The number of nitrogens with zero attached hydrogens (tertiary/aromatic N) is 4. The second kappa shape index (κ2) is 11.1. The molecule has 0 bridgehead atoms. The van der Waals surface area contributed by atoms with Crippen LogP contribution in [0.5, 0.6) is 0 Å². The van der Waals surface area contributed by atoms with Crippen LogP contribution in [0.3, 0.4) is 0 Å². The minimum Gasteiger partial charge on any atom is -0.359 e. The van der Waals surface area contributed by atoms with Crippen molar-refractivity contribution >= 4 is 61.3 Å². The van der Waals surface area contributed by atoms with Crippen molar-refractivity contribution in [2.45, 2.75) is 37.6 Å². The molecule has 3 aromatic rings. The third kappa shape index (κ3) is 5.75. The van der Waals surface area contributed by atoms with Crippen LogP contribution in [0, 0.1) is 5.92 Å². The molecular weight excluding hydrogens is 558 g/mol. The summed E-state index contributed by atoms with van der Waals surface area (Å²) in [6.07, 6.45) is 3.37. The van der Waals surface area contributed by atoms with Gasteiger partial charge in [0.2, 0.25) is 11.8 Å². The van der Waals surface area contributed by atoms with Gasteiger partial charge in [0, 0.05) is 47.6 Å². The number of aryl methyl sites for hydroxylation is 1. The van der Waals surface area contributed by atoms with Gasteiger partial charge in [-0.3, -0.25) is 14.3 Å². The van der Waals surface area contributed by atoms with E-state index in [1.807, 2.05) is 32.0 Å². The number of amides is 2. The van der Waals surface area contributed by atoms with Crippen molar-refractivity contribution in [1.82, 2.24) is 9.88 Å². The molecular formula is C27H30ClN5O4S2. The predicted octanol–water partition coefficient (Wildman–Crippen LogP) is 4.25. The maximum atomic E-state index is 13.8. The molecule has 2 aliphatic heterocycles. The molecule has 2 amide bonds. The number of halogens is 1. The van der Waals surface area contributed by atoms with Crippen LogP contribution in [0.25, 0.3) is 0 Å². The Kier molecular flexibility index (Phi) is 7.84. The van der Waals surface area contributed by atoms with Crippen molar-refractivity contribution in [3.63, 3.8) is 0 Å². The summed E-state index contributed by atoms with van der Waals surface area (Å²) in [6, 6.07) is 11.6. The van der Waals surface area contributed by atoms with Gasteiger partial charge < -0.3 is 14.7 Å². The number of aromatic nitrogens is 1. The lowest BCUT2D eigenvalue weighted by atomic mass is 9.94. The van der Waals surface area contributed by atoms with E-state index in [0.717, 1.165) is 30.6 Å². The number of carbonyl (C=O) groups is 2. The number of carbonyl (C=O) groups excluding carboxylic acids is 2. The Labute approximate surface area is 237 Å². The van der Waals surface area contributed by atoms with Crippen molar-refractivity contribution < 1.29 is 18.0 Å². The summed E-state index contributed by atoms with van der Waals surface area (Å²) in [7, 11) is -3.79. The predicted molar refractivity (Wildman–Crippen MR) is 154 cm³/mol. The Morgan fingerprint density at radius 2 is 1.87 bits per heavy atom. The third-order valence-electron chi connectivity index (χ3n) is 7.06. The quantitative estimate of drug-likeness (QED) is 0.443. The number of rotatable bonds is 7. The zero-order valence-corrected chi connectivity index (χ0v) is 24.1. The van der Waals surface area contributed by atoms with Gasteiger partial charge in [0.05, 0.1) is 4.90 Å². The van der Waals surface area contributed by atoms with Gasteiger partial charge in [-0.25, -0.2) is 13.4 Å². The van der Waals surface area contributed by atoms with Gasteiger partial charge in [-0.2, -0.15) is 0 Å². The second-order valence-corrected chi connectivity index (χ2v) is 13.0. The first-order chi connectivity index (χ1) is 18.6. The standard InChI is InChI=1S/C27H30ClN5O4S2/c1-18(2)25(33-12-3-4-19-16-20(28)5-10-23(19)33)26(35)31-13-14-32(24(34)17-31)21-6-8-22(9-7-21)39(36,37)30-27-29-11-15-38-27/h5-11,15-16,18,25H,3-4,12-14,17H2,1-2H3,(H,29,30)/t25-/m0/s1. The highest BCUT2D eigenvalue weighted by Gasteiger charge is 2.37. The molecule has 5 rings (SSSR count). The number of piperazine rings is 1. The molecule has 12 heteroatoms. The van der Waals surface area contributed by atoms with Crippen LogP contribution in [0.1, 0.15) is 25.8 Å². The van der Waals surface area contributed by atoms with Crippen LogP contribution >= 0.6 is 22.9 Å². The molecule has 3 heterocycles. The lowest BCUT2D eigenvalue weighted by Crippen LogP contribution is -2.59. The Bertz CT molecular complexity index is 1460. The fourth-order valence-electron chi connectivity index (χ4n) is 5.24. The third-order valence-corrected chi connectivity index (χ3v) is 9.47. The molecule has 206 valence electrons. The molecule has 0 saturated carbocycles. The van der Waals surface area contributed by atoms with Crippen molar-refractivity contribution in [1.29, 1.82) is 0 Å². The van der Waals surface area contributed by atoms with Gasteiger partial charge in [-0.15, -0.1) is 11.3 Å². The normalized spacial score (nSPS) is 16.8. The number of benzene rings is 2. The van der Waals surface area contributed by atoms with Gasteiger partial charge in [0.1, 0.15) is 12.6 Å². The molecule has 2 aliphatic rings. The van der Waals surface area contributed by atoms with Gasteiger partial charge in [0.25, 0.3) is 10.0 Å². The number of hydrogen-bond acceptors (Lipinski definition) is 7. The minimum atomic E-state index is -3.79. The van der Waals surface area contributed by atoms with Gasteiger partial charge in [-0.05, 0) is 66.8 Å². The van der Waals surface area contributed by atoms with Crippen molar-refractivity contribution in [2.24, 2.45) is 5.92 Å². The van der Waals surface area contributed by atoms with E-state index in [2.05, 4.69) is 14.6 Å². The van der Waals surface area contributed by atoms with Crippen LogP contribution in [0.15, 0.2) is 58.9 Å². The van der Waals surface area contributed by atoms with Crippen molar-refractivity contribution in [2.75, 3.05) is 40.7 Å². The first-order valence-electron chi connectivity index (χ1n) is 12.8. The summed E-state index contributed by atoms with van der Waals surface area (Å²) >= 11 is 7.41. The minimum absolute atomic E-state index is 0.0327. The Morgan fingerprint density at radius 1 is 1.10 bits per heavy atom. The molecule has 0 aliphatic carbocycles. The van der Waals surface area contributed by atoms with E-state index in [9.17, 15) is 18.0 Å². The summed E-state index contributed by atoms with van der Waals surface area (Å²) in [5.41, 5.74) is 2.75. The highest BCUT2D eigenvalue weighted by Crippen LogP contribution is 2.33. The number of hydrogen-bond donors (Lipinski definition) is 1. The highest BCUT2D eigenvalue weighted by molar-refractivity contribution is 7.93. The average molecular weight is 588 g/mol. The number of sulfonamides is 1. The maximum absolute atomic E-state index is 13.8. The number of fused-ring (bicyclic) bond motifs is 1. The summed E-state index contributed by atoms with van der Waals surface area (Å²) < 4.78 is 27.7. The maximum Gasteiger partial charge on any atom is 0.263 e. The summed E-state index contributed by atoms with van der Waals surface area (Å²) in [6.45, 7) is 5.51. The Morgan fingerprint density at radius 3 is 2.54 bits per heavy atom. The summed E-state index contributed by atoms with van der Waals surface area (Å²) in [5, 5.41) is 2.65. The van der Waals surface area contributed by atoms with Gasteiger partial charge in [-0.1, -0.05) is 25.4 Å². The van der Waals surface area contributed by atoms with Gasteiger partial charge in [0.15, 0.2) is 5.13 Å². The molecule has 0 radical (unpaired) electrons. The first-order valence-corrected chi connectivity index (χ1v) is 15.5. The van der Waals surface area contributed by atoms with Crippen molar-refractivity contribution in [3.8, 4) is 0 Å². The molecule has 1 aromatic heterocycles. The lowest BCUT2D eigenvalue weighted by molar-refractivity contribution is -0.138. The smallest absolute Gasteiger partial charge is 0.263 e. The molecule has 0 unspecified atom stereocenters. The molecule has 1 atom stereocenters. The zero-order chi connectivity index (χ0) is 27.7. The lowest BCUT2D eigenvalue weighted by Gasteiger charge is -2.43. The average Bonchev–Trinajstić information content (AvgIpc) is 3.41. The molecule has 1 N–H and O–H groups in total. The Hall–Kier alpha value is -3.15. The van der Waals surface area contributed by atoms with Crippen LogP contribution in [0.2, 0.25) is 5.02 Å². The highest BCUT2D eigenvalue weighted by atomic mass is 35.5. The van der Waals surface area contributed by atoms with E-state index < -0.39 is 10.0 Å². The van der Waals surface area contributed by atoms with Crippen LogP contribution in [0.4, 0.5) is 16.5 Å². The first kappa shape index (κ1) is 27.4. The number of anilines is 3. The van der Waals surface area contributed by atoms with E-state index in [1.54, 1.807) is 27.3 Å². The second-order valence-electron chi connectivity index (χ2n) is 10.0. The molecule has 39 heavy (non-hydrogen) atoms. The van der Waals surface area contributed by atoms with Gasteiger partial charge >= 0.3 is 0 Å². The van der Waals surface area contributed by atoms with E-state index in [1.165, 1.54) is 29.7 Å². The molecule has 2 aromatic carbocycles. The van der Waals surface area contributed by atoms with Crippen LogP contribution in [-0.4, -0.2) is 62.3 Å². The Balaban J connectivity index is 1.28. The summed E-state index contributed by atoms with van der Waals surface area (Å²) in [5.74, 6) is -0.227. The van der Waals surface area contributed by atoms with Crippen molar-refractivity contribution in [3.05, 3.63) is 64.6 Å². The largest absolute Gasteiger partial charge is 0.359 e. The monoisotopic (exact) mass is 587 g/mol. The van der Waals surface area contributed by atoms with Crippen LogP contribution in [-0.2, 0) is 26.0 Å². The van der Waals surface area contributed by atoms with E-state index >= 15 is 0 Å².